The Morgan fingerprint density at radius 1 is 1.30 bits per heavy atom. The van der Waals surface area contributed by atoms with Crippen LogP contribution in [-0.2, 0) is 9.53 Å². The van der Waals surface area contributed by atoms with Crippen LogP contribution in [0.3, 0.4) is 0 Å². The maximum absolute atomic E-state index is 12.5. The summed E-state index contributed by atoms with van der Waals surface area (Å²) in [6.45, 7) is 5.89. The summed E-state index contributed by atoms with van der Waals surface area (Å²) >= 11 is 11.8. The molecule has 2 N–H and O–H groups in total. The van der Waals surface area contributed by atoms with Crippen LogP contribution >= 0.6 is 23.2 Å². The first-order valence-corrected chi connectivity index (χ1v) is 8.03. The first kappa shape index (κ1) is 18.0. The number of halogens is 2. The molecule has 0 saturated heterocycles. The van der Waals surface area contributed by atoms with Gasteiger partial charge in [-0.3, -0.25) is 4.79 Å². The predicted octanol–water partition coefficient (Wildman–Crippen LogP) is 3.38. The zero-order valence-electron chi connectivity index (χ0n) is 13.2. The van der Waals surface area contributed by atoms with Crippen molar-refractivity contribution in [2.75, 3.05) is 6.61 Å². The SMILES string of the molecule is CCOC1CC(NC(=O)c2cc(Cl)cc(Cl)c2)(C(=O)O)C1(C)C. The third-order valence-electron chi connectivity index (χ3n) is 4.58. The summed E-state index contributed by atoms with van der Waals surface area (Å²) in [7, 11) is 0. The molecule has 0 radical (unpaired) electrons. The lowest BCUT2D eigenvalue weighted by molar-refractivity contribution is -0.190. The molecule has 5 nitrogen and oxygen atoms in total. The largest absolute Gasteiger partial charge is 0.479 e. The molecule has 2 unspecified atom stereocenters. The molecule has 2 atom stereocenters. The first-order valence-electron chi connectivity index (χ1n) is 7.27. The number of hydrogen-bond donors (Lipinski definition) is 2. The minimum absolute atomic E-state index is 0.212. The Morgan fingerprint density at radius 3 is 2.30 bits per heavy atom. The summed E-state index contributed by atoms with van der Waals surface area (Å²) in [6.07, 6.45) is -0.0183. The number of aliphatic carboxylic acids is 1. The third-order valence-corrected chi connectivity index (χ3v) is 5.02. The van der Waals surface area contributed by atoms with Crippen molar-refractivity contribution < 1.29 is 19.4 Å². The fourth-order valence-corrected chi connectivity index (χ4v) is 3.51. The minimum atomic E-state index is -1.39. The Bertz CT molecular complexity index is 627. The van der Waals surface area contributed by atoms with E-state index in [1.165, 1.54) is 18.2 Å². The lowest BCUT2D eigenvalue weighted by Crippen LogP contribution is -2.76. The highest BCUT2D eigenvalue weighted by Gasteiger charge is 2.66. The second kappa shape index (κ2) is 6.30. The van der Waals surface area contributed by atoms with E-state index in [2.05, 4.69) is 5.32 Å². The maximum Gasteiger partial charge on any atom is 0.330 e. The van der Waals surface area contributed by atoms with Gasteiger partial charge in [0.1, 0.15) is 5.54 Å². The van der Waals surface area contributed by atoms with E-state index in [1.807, 2.05) is 6.92 Å². The Kier molecular flexibility index (Phi) is 4.95. The average molecular weight is 360 g/mol. The Hall–Kier alpha value is -1.30. The molecule has 1 aromatic carbocycles. The lowest BCUT2D eigenvalue weighted by Gasteiger charge is -2.58. The fraction of sp³-hybridized carbons (Fsp3) is 0.500. The third kappa shape index (κ3) is 3.05. The number of carbonyl (C=O) groups excluding carboxylic acids is 1. The molecule has 0 heterocycles. The Morgan fingerprint density at radius 2 is 1.87 bits per heavy atom. The van der Waals surface area contributed by atoms with E-state index in [1.54, 1.807) is 13.8 Å². The van der Waals surface area contributed by atoms with Crippen molar-refractivity contribution in [1.29, 1.82) is 0 Å². The van der Waals surface area contributed by atoms with Crippen molar-refractivity contribution >= 4 is 35.1 Å². The van der Waals surface area contributed by atoms with Gasteiger partial charge in [-0.05, 0) is 25.1 Å². The van der Waals surface area contributed by atoms with Crippen molar-refractivity contribution in [3.63, 3.8) is 0 Å². The molecular weight excluding hydrogens is 341 g/mol. The number of nitrogens with one attached hydrogen (secondary N) is 1. The summed E-state index contributed by atoms with van der Waals surface area (Å²) in [6, 6.07) is 4.40. The van der Waals surface area contributed by atoms with Crippen LogP contribution in [0.4, 0.5) is 0 Å². The van der Waals surface area contributed by atoms with Crippen LogP contribution < -0.4 is 5.32 Å². The number of rotatable bonds is 5. The Balaban J connectivity index is 2.28. The summed E-state index contributed by atoms with van der Waals surface area (Å²) in [4.78, 5) is 24.3. The smallest absolute Gasteiger partial charge is 0.330 e. The molecule has 1 aliphatic rings. The van der Waals surface area contributed by atoms with Crippen LogP contribution in [0.25, 0.3) is 0 Å². The summed E-state index contributed by atoms with van der Waals surface area (Å²) in [5.74, 6) is -1.61. The molecule has 0 aromatic heterocycles. The van der Waals surface area contributed by atoms with E-state index in [4.69, 9.17) is 27.9 Å². The number of hydrogen-bond acceptors (Lipinski definition) is 3. The highest BCUT2D eigenvalue weighted by Crippen LogP contribution is 2.51. The van der Waals surface area contributed by atoms with Crippen LogP contribution in [0.2, 0.25) is 10.0 Å². The molecule has 7 heteroatoms. The number of carboxylic acid groups (broad SMARTS) is 1. The van der Waals surface area contributed by atoms with Crippen LogP contribution in [0.15, 0.2) is 18.2 Å². The van der Waals surface area contributed by atoms with E-state index in [0.717, 1.165) is 0 Å². The van der Waals surface area contributed by atoms with Gasteiger partial charge in [0.25, 0.3) is 5.91 Å². The van der Waals surface area contributed by atoms with Gasteiger partial charge in [0, 0.05) is 34.1 Å². The van der Waals surface area contributed by atoms with Crippen LogP contribution in [0.5, 0.6) is 0 Å². The van der Waals surface area contributed by atoms with Gasteiger partial charge in [-0.15, -0.1) is 0 Å². The molecule has 0 aliphatic heterocycles. The van der Waals surface area contributed by atoms with Crippen molar-refractivity contribution in [1.82, 2.24) is 5.32 Å². The molecule has 126 valence electrons. The van der Waals surface area contributed by atoms with Crippen LogP contribution in [0.1, 0.15) is 37.6 Å². The van der Waals surface area contributed by atoms with Gasteiger partial charge < -0.3 is 15.2 Å². The quantitative estimate of drug-likeness (QED) is 0.844. The molecule has 1 amide bonds. The normalized spacial score (nSPS) is 25.5. The predicted molar refractivity (Wildman–Crippen MR) is 88.1 cm³/mol. The van der Waals surface area contributed by atoms with E-state index in [9.17, 15) is 14.7 Å². The fourth-order valence-electron chi connectivity index (χ4n) is 2.99. The number of ether oxygens (including phenoxy) is 1. The standard InChI is InChI=1S/C16H19Cl2NO4/c1-4-23-12-8-16(14(21)22,15(12,2)3)19-13(20)9-5-10(17)7-11(18)6-9/h5-7,12H,4,8H2,1-3H3,(H,19,20)(H,21,22). The molecule has 0 bridgehead atoms. The van der Waals surface area contributed by atoms with Gasteiger partial charge in [-0.25, -0.2) is 4.79 Å². The summed E-state index contributed by atoms with van der Waals surface area (Å²) in [5, 5.41) is 13.0. The summed E-state index contributed by atoms with van der Waals surface area (Å²) < 4.78 is 5.57. The zero-order valence-corrected chi connectivity index (χ0v) is 14.7. The number of carbonyl (C=O) groups is 2. The molecule has 1 saturated carbocycles. The number of benzene rings is 1. The number of carboxylic acids is 1. The van der Waals surface area contributed by atoms with Crippen molar-refractivity contribution in [2.45, 2.75) is 38.8 Å². The Labute approximate surface area is 144 Å². The van der Waals surface area contributed by atoms with Gasteiger partial charge in [-0.2, -0.15) is 0 Å². The summed E-state index contributed by atoms with van der Waals surface area (Å²) in [5.41, 5.74) is -1.91. The second-order valence-corrected chi connectivity index (χ2v) is 7.07. The molecule has 0 spiro atoms. The van der Waals surface area contributed by atoms with E-state index < -0.39 is 22.8 Å². The van der Waals surface area contributed by atoms with Crippen LogP contribution in [-0.4, -0.2) is 35.2 Å². The molecular formula is C16H19Cl2NO4. The van der Waals surface area contributed by atoms with Gasteiger partial charge >= 0.3 is 5.97 Å². The van der Waals surface area contributed by atoms with Gasteiger partial charge in [0.15, 0.2) is 0 Å². The van der Waals surface area contributed by atoms with Crippen molar-refractivity contribution in [3.05, 3.63) is 33.8 Å². The number of amides is 1. The molecule has 2 rings (SSSR count). The first-order chi connectivity index (χ1) is 10.6. The van der Waals surface area contributed by atoms with E-state index >= 15 is 0 Å². The molecule has 1 aliphatic carbocycles. The van der Waals surface area contributed by atoms with Crippen molar-refractivity contribution in [3.8, 4) is 0 Å². The minimum Gasteiger partial charge on any atom is -0.479 e. The maximum atomic E-state index is 12.5. The zero-order chi connectivity index (χ0) is 17.4. The van der Waals surface area contributed by atoms with E-state index in [-0.39, 0.29) is 18.1 Å². The van der Waals surface area contributed by atoms with Gasteiger partial charge in [0.2, 0.25) is 0 Å². The highest BCUT2D eigenvalue weighted by atomic mass is 35.5. The van der Waals surface area contributed by atoms with Crippen LogP contribution in [0, 0.1) is 5.41 Å². The van der Waals surface area contributed by atoms with Crippen molar-refractivity contribution in [2.24, 2.45) is 5.41 Å². The monoisotopic (exact) mass is 359 g/mol. The van der Waals surface area contributed by atoms with Gasteiger partial charge in [-0.1, -0.05) is 37.0 Å². The average Bonchev–Trinajstić information content (AvgIpc) is 2.44. The highest BCUT2D eigenvalue weighted by molar-refractivity contribution is 6.35. The lowest BCUT2D eigenvalue weighted by atomic mass is 9.54. The van der Waals surface area contributed by atoms with Gasteiger partial charge in [0.05, 0.1) is 6.10 Å². The topological polar surface area (TPSA) is 75.6 Å². The molecule has 23 heavy (non-hydrogen) atoms. The second-order valence-electron chi connectivity index (χ2n) is 6.19. The molecule has 1 aromatic rings. The van der Waals surface area contributed by atoms with E-state index in [0.29, 0.717) is 16.7 Å². The molecule has 1 fully saturated rings.